The summed E-state index contributed by atoms with van der Waals surface area (Å²) in [6.45, 7) is 6.31. The number of amides is 1. The van der Waals surface area contributed by atoms with Crippen LogP contribution < -0.4 is 11.0 Å². The van der Waals surface area contributed by atoms with Gasteiger partial charge in [-0.1, -0.05) is 20.8 Å². The van der Waals surface area contributed by atoms with E-state index in [0.29, 0.717) is 18.9 Å². The number of nitrogens with zero attached hydrogens (tertiary/aromatic N) is 4. The average molecular weight is 329 g/mol. The van der Waals surface area contributed by atoms with Crippen molar-refractivity contribution in [3.63, 3.8) is 0 Å². The molecule has 2 heterocycles. The third-order valence-corrected chi connectivity index (χ3v) is 3.99. The molecule has 7 nitrogen and oxygen atoms in total. The molecule has 1 aliphatic rings. The number of carbonyl (C=O) groups is 1. The lowest BCUT2D eigenvalue weighted by Gasteiger charge is -2.17. The molecule has 0 spiro atoms. The van der Waals surface area contributed by atoms with Gasteiger partial charge >= 0.3 is 5.69 Å². The summed E-state index contributed by atoms with van der Waals surface area (Å²) in [5.74, 6) is 0.613. The predicted molar refractivity (Wildman–Crippen MR) is 90.5 cm³/mol. The van der Waals surface area contributed by atoms with Gasteiger partial charge in [-0.2, -0.15) is 0 Å². The molecular weight excluding hydrogens is 306 g/mol. The molecule has 7 heteroatoms. The lowest BCUT2D eigenvalue weighted by Crippen LogP contribution is -2.38. The molecule has 2 aromatic heterocycles. The molecule has 1 fully saturated rings. The minimum absolute atomic E-state index is 0.0374. The van der Waals surface area contributed by atoms with E-state index in [9.17, 15) is 9.59 Å². The Morgan fingerprint density at radius 2 is 2.12 bits per heavy atom. The summed E-state index contributed by atoms with van der Waals surface area (Å²) in [6, 6.07) is 3.96. The Balaban J connectivity index is 1.80. The molecular formula is C17H23N5O2. The van der Waals surface area contributed by atoms with Crippen LogP contribution in [0.2, 0.25) is 0 Å². The first-order valence-corrected chi connectivity index (χ1v) is 8.26. The van der Waals surface area contributed by atoms with Crippen LogP contribution >= 0.6 is 0 Å². The van der Waals surface area contributed by atoms with Crippen LogP contribution in [0.4, 0.5) is 0 Å². The second kappa shape index (κ2) is 6.22. The highest BCUT2D eigenvalue weighted by atomic mass is 16.2. The van der Waals surface area contributed by atoms with Crippen LogP contribution in [0.1, 0.15) is 39.7 Å². The zero-order valence-electron chi connectivity index (χ0n) is 14.3. The summed E-state index contributed by atoms with van der Waals surface area (Å²) in [7, 11) is 0. The smallest absolute Gasteiger partial charge is 0.346 e. The minimum Gasteiger partial charge on any atom is -0.354 e. The molecule has 0 unspecified atom stereocenters. The van der Waals surface area contributed by atoms with Gasteiger partial charge in [0.15, 0.2) is 5.82 Å². The van der Waals surface area contributed by atoms with Crippen molar-refractivity contribution in [1.29, 1.82) is 0 Å². The van der Waals surface area contributed by atoms with Crippen molar-refractivity contribution in [2.75, 3.05) is 6.54 Å². The molecule has 128 valence electrons. The van der Waals surface area contributed by atoms with E-state index >= 15 is 0 Å². The van der Waals surface area contributed by atoms with Crippen molar-refractivity contribution in [1.82, 2.24) is 24.6 Å². The zero-order valence-corrected chi connectivity index (χ0v) is 14.3. The van der Waals surface area contributed by atoms with Crippen LogP contribution in [0.5, 0.6) is 0 Å². The van der Waals surface area contributed by atoms with E-state index in [1.807, 2.05) is 32.9 Å². The molecule has 1 aliphatic carbocycles. The molecule has 0 saturated heterocycles. The number of pyridine rings is 1. The van der Waals surface area contributed by atoms with Gasteiger partial charge in [-0.3, -0.25) is 14.3 Å². The lowest BCUT2D eigenvalue weighted by atomic mass is 9.96. The van der Waals surface area contributed by atoms with E-state index in [1.165, 1.54) is 4.68 Å². The zero-order chi connectivity index (χ0) is 17.3. The normalized spacial score (nSPS) is 14.6. The van der Waals surface area contributed by atoms with Crippen molar-refractivity contribution in [3.8, 4) is 11.4 Å². The highest BCUT2D eigenvalue weighted by molar-refractivity contribution is 5.81. The van der Waals surface area contributed by atoms with Gasteiger partial charge in [0, 0.05) is 36.0 Å². The van der Waals surface area contributed by atoms with E-state index in [4.69, 9.17) is 0 Å². The van der Waals surface area contributed by atoms with Gasteiger partial charge in [0.2, 0.25) is 5.91 Å². The average Bonchev–Trinajstić information content (AvgIpc) is 3.32. The van der Waals surface area contributed by atoms with Crippen molar-refractivity contribution < 1.29 is 4.79 Å². The maximum atomic E-state index is 12.6. The molecule has 0 bridgehead atoms. The molecule has 3 rings (SSSR count). The fraction of sp³-hybridized carbons (Fsp3) is 0.529. The molecule has 0 radical (unpaired) electrons. The van der Waals surface area contributed by atoms with Crippen LogP contribution in [-0.4, -0.2) is 31.8 Å². The Morgan fingerprint density at radius 1 is 1.38 bits per heavy atom. The topological polar surface area (TPSA) is 81.8 Å². The first kappa shape index (κ1) is 16.4. The molecule has 1 N–H and O–H groups in total. The largest absolute Gasteiger partial charge is 0.354 e. The fourth-order valence-electron chi connectivity index (χ4n) is 2.46. The van der Waals surface area contributed by atoms with Crippen LogP contribution in [0.3, 0.4) is 0 Å². The second-order valence-corrected chi connectivity index (χ2v) is 7.18. The quantitative estimate of drug-likeness (QED) is 0.903. The van der Waals surface area contributed by atoms with E-state index < -0.39 is 5.41 Å². The Labute approximate surface area is 140 Å². The van der Waals surface area contributed by atoms with E-state index in [1.54, 1.807) is 17.0 Å². The van der Waals surface area contributed by atoms with Gasteiger partial charge in [0.05, 0.1) is 6.54 Å². The van der Waals surface area contributed by atoms with Crippen molar-refractivity contribution in [2.24, 2.45) is 5.41 Å². The number of rotatable bonds is 5. The Hall–Kier alpha value is -2.44. The molecule has 2 aromatic rings. The summed E-state index contributed by atoms with van der Waals surface area (Å²) in [4.78, 5) is 28.7. The molecule has 0 aromatic carbocycles. The van der Waals surface area contributed by atoms with E-state index in [2.05, 4.69) is 15.4 Å². The van der Waals surface area contributed by atoms with Gasteiger partial charge in [0.25, 0.3) is 0 Å². The highest BCUT2D eigenvalue weighted by Crippen LogP contribution is 2.36. The molecule has 24 heavy (non-hydrogen) atoms. The van der Waals surface area contributed by atoms with E-state index in [0.717, 1.165) is 18.4 Å². The number of nitrogens with one attached hydrogen (secondary N) is 1. The highest BCUT2D eigenvalue weighted by Gasteiger charge is 2.30. The van der Waals surface area contributed by atoms with Crippen LogP contribution in [0, 0.1) is 5.41 Å². The van der Waals surface area contributed by atoms with Crippen molar-refractivity contribution >= 4 is 5.91 Å². The lowest BCUT2D eigenvalue weighted by molar-refractivity contribution is -0.128. The number of hydrogen-bond acceptors (Lipinski definition) is 4. The molecule has 0 atom stereocenters. The van der Waals surface area contributed by atoms with Crippen molar-refractivity contribution in [2.45, 2.75) is 46.2 Å². The standard InChI is InChI=1S/C17H23N5O2/c1-17(2,3)15(23)19-9-10-21-16(24)22(13-6-7-13)14(20-21)12-5-4-8-18-11-12/h4-5,8,11,13H,6-7,9-10H2,1-3H3,(H,19,23). The molecule has 0 aliphatic heterocycles. The second-order valence-electron chi connectivity index (χ2n) is 7.18. The monoisotopic (exact) mass is 329 g/mol. The fourth-order valence-corrected chi connectivity index (χ4v) is 2.46. The maximum Gasteiger partial charge on any atom is 0.346 e. The summed E-state index contributed by atoms with van der Waals surface area (Å²) < 4.78 is 3.19. The summed E-state index contributed by atoms with van der Waals surface area (Å²) in [5, 5.41) is 7.33. The number of aromatic nitrogens is 4. The van der Waals surface area contributed by atoms with Gasteiger partial charge in [-0.25, -0.2) is 9.48 Å². The summed E-state index contributed by atoms with van der Waals surface area (Å²) in [6.07, 6.45) is 5.41. The summed E-state index contributed by atoms with van der Waals surface area (Å²) in [5.41, 5.74) is 0.263. The minimum atomic E-state index is -0.445. The van der Waals surface area contributed by atoms with Gasteiger partial charge in [0.1, 0.15) is 0 Å². The summed E-state index contributed by atoms with van der Waals surface area (Å²) >= 11 is 0. The van der Waals surface area contributed by atoms with Gasteiger partial charge < -0.3 is 5.32 Å². The third kappa shape index (κ3) is 3.39. The van der Waals surface area contributed by atoms with Gasteiger partial charge in [-0.15, -0.1) is 5.10 Å². The van der Waals surface area contributed by atoms with Crippen LogP contribution in [0.15, 0.2) is 29.3 Å². The van der Waals surface area contributed by atoms with Crippen molar-refractivity contribution in [3.05, 3.63) is 35.0 Å². The number of carbonyl (C=O) groups excluding carboxylic acids is 1. The molecule has 1 saturated carbocycles. The van der Waals surface area contributed by atoms with Crippen LogP contribution in [-0.2, 0) is 11.3 Å². The van der Waals surface area contributed by atoms with Crippen LogP contribution in [0.25, 0.3) is 11.4 Å². The predicted octanol–water partition coefficient (Wildman–Crippen LogP) is 1.60. The Bertz CT molecular complexity index is 782. The number of hydrogen-bond donors (Lipinski definition) is 1. The molecule has 1 amide bonds. The third-order valence-electron chi connectivity index (χ3n) is 3.99. The van der Waals surface area contributed by atoms with Gasteiger partial charge in [-0.05, 0) is 25.0 Å². The Kier molecular flexibility index (Phi) is 4.26. The van der Waals surface area contributed by atoms with E-state index in [-0.39, 0.29) is 17.6 Å². The first-order chi connectivity index (χ1) is 11.4. The Morgan fingerprint density at radius 3 is 2.71 bits per heavy atom. The first-order valence-electron chi connectivity index (χ1n) is 8.26. The maximum absolute atomic E-state index is 12.6. The SMILES string of the molecule is CC(C)(C)C(=O)NCCn1nc(-c2cccnc2)n(C2CC2)c1=O.